The highest BCUT2D eigenvalue weighted by Crippen LogP contribution is 2.24. The molecule has 0 aliphatic carbocycles. The van der Waals surface area contributed by atoms with Crippen LogP contribution in [0, 0.1) is 0 Å². The first-order valence-electron chi connectivity index (χ1n) is 4.20. The van der Waals surface area contributed by atoms with Gasteiger partial charge in [0.25, 0.3) is 0 Å². The van der Waals surface area contributed by atoms with Crippen molar-refractivity contribution in [2.75, 3.05) is 27.9 Å². The summed E-state index contributed by atoms with van der Waals surface area (Å²) in [5, 5.41) is 9.38. The van der Waals surface area contributed by atoms with Crippen LogP contribution in [0.1, 0.15) is 0 Å². The first kappa shape index (κ1) is 9.86. The van der Waals surface area contributed by atoms with Crippen LogP contribution < -0.4 is 4.74 Å². The van der Waals surface area contributed by atoms with Crippen LogP contribution in [-0.2, 0) is 0 Å². The number of quaternary nitrogens is 1. The van der Waals surface area contributed by atoms with E-state index in [0.717, 1.165) is 0 Å². The summed E-state index contributed by atoms with van der Waals surface area (Å²) in [5.74, 6) is 0.728. The highest BCUT2D eigenvalue weighted by Gasteiger charge is 2.08. The SMILES string of the molecule is C[N+](C)(C)COc1ccccc1O. The smallest absolute Gasteiger partial charge is 0.223 e. The fourth-order valence-electron chi connectivity index (χ4n) is 0.842. The Balaban J connectivity index is 2.60. The fourth-order valence-corrected chi connectivity index (χ4v) is 0.842. The van der Waals surface area contributed by atoms with Crippen LogP contribution in [0.25, 0.3) is 0 Å². The molecule has 0 amide bonds. The van der Waals surface area contributed by atoms with Gasteiger partial charge in [-0.25, -0.2) is 0 Å². The van der Waals surface area contributed by atoms with Gasteiger partial charge in [0.2, 0.25) is 6.73 Å². The van der Waals surface area contributed by atoms with E-state index < -0.39 is 0 Å². The Morgan fingerprint density at radius 2 is 1.85 bits per heavy atom. The predicted molar refractivity (Wildman–Crippen MR) is 51.6 cm³/mol. The fraction of sp³-hybridized carbons (Fsp3) is 0.400. The van der Waals surface area contributed by atoms with Gasteiger partial charge >= 0.3 is 0 Å². The van der Waals surface area contributed by atoms with Crippen molar-refractivity contribution >= 4 is 0 Å². The first-order chi connectivity index (χ1) is 5.99. The number of ether oxygens (including phenoxy) is 1. The molecule has 3 heteroatoms. The normalized spacial score (nSPS) is 11.3. The van der Waals surface area contributed by atoms with Crippen molar-refractivity contribution in [2.45, 2.75) is 0 Å². The quantitative estimate of drug-likeness (QED) is 0.566. The molecular formula is C10H16NO2+. The zero-order valence-corrected chi connectivity index (χ0v) is 8.32. The van der Waals surface area contributed by atoms with E-state index in [1.165, 1.54) is 0 Å². The molecule has 1 N–H and O–H groups in total. The third-order valence-electron chi connectivity index (χ3n) is 1.47. The van der Waals surface area contributed by atoms with E-state index in [-0.39, 0.29) is 5.75 Å². The van der Waals surface area contributed by atoms with Crippen molar-refractivity contribution in [2.24, 2.45) is 0 Å². The van der Waals surface area contributed by atoms with E-state index in [9.17, 15) is 5.11 Å². The van der Waals surface area contributed by atoms with Crippen molar-refractivity contribution in [3.05, 3.63) is 24.3 Å². The maximum atomic E-state index is 9.38. The summed E-state index contributed by atoms with van der Waals surface area (Å²) in [7, 11) is 6.08. The van der Waals surface area contributed by atoms with E-state index in [1.54, 1.807) is 18.2 Å². The highest BCUT2D eigenvalue weighted by atomic mass is 16.5. The highest BCUT2D eigenvalue weighted by molar-refractivity contribution is 5.37. The third-order valence-corrected chi connectivity index (χ3v) is 1.47. The number of para-hydroxylation sites is 2. The van der Waals surface area contributed by atoms with Gasteiger partial charge < -0.3 is 9.84 Å². The number of phenolic OH excluding ortho intramolecular Hbond substituents is 1. The molecule has 0 fully saturated rings. The molecule has 0 heterocycles. The van der Waals surface area contributed by atoms with E-state index >= 15 is 0 Å². The summed E-state index contributed by atoms with van der Waals surface area (Å²) in [4.78, 5) is 0. The van der Waals surface area contributed by atoms with Gasteiger partial charge in [0.1, 0.15) is 0 Å². The molecular weight excluding hydrogens is 166 g/mol. The van der Waals surface area contributed by atoms with Gasteiger partial charge in [-0.1, -0.05) is 12.1 Å². The van der Waals surface area contributed by atoms with Gasteiger partial charge in [0, 0.05) is 0 Å². The summed E-state index contributed by atoms with van der Waals surface area (Å²) < 4.78 is 6.13. The summed E-state index contributed by atoms with van der Waals surface area (Å²) in [6.45, 7) is 0.539. The Morgan fingerprint density at radius 3 is 2.38 bits per heavy atom. The molecule has 0 saturated heterocycles. The molecule has 0 unspecified atom stereocenters. The maximum absolute atomic E-state index is 9.38. The minimum Gasteiger partial charge on any atom is -0.504 e. The van der Waals surface area contributed by atoms with Crippen molar-refractivity contribution in [1.29, 1.82) is 0 Å². The summed E-state index contributed by atoms with van der Waals surface area (Å²) in [6.07, 6.45) is 0. The van der Waals surface area contributed by atoms with E-state index in [4.69, 9.17) is 4.74 Å². The molecule has 0 atom stereocenters. The average molecular weight is 182 g/mol. The number of rotatable bonds is 3. The number of aromatic hydroxyl groups is 1. The van der Waals surface area contributed by atoms with E-state index in [1.807, 2.05) is 27.2 Å². The number of nitrogens with zero attached hydrogens (tertiary/aromatic N) is 1. The first-order valence-corrected chi connectivity index (χ1v) is 4.20. The van der Waals surface area contributed by atoms with E-state index in [2.05, 4.69) is 0 Å². The van der Waals surface area contributed by atoms with Crippen molar-refractivity contribution < 1.29 is 14.3 Å². The number of hydrogen-bond acceptors (Lipinski definition) is 2. The number of benzene rings is 1. The maximum Gasteiger partial charge on any atom is 0.223 e. The zero-order chi connectivity index (χ0) is 9.90. The molecule has 3 nitrogen and oxygen atoms in total. The molecule has 1 aromatic rings. The molecule has 1 rings (SSSR count). The molecule has 1 aromatic carbocycles. The number of phenols is 1. The monoisotopic (exact) mass is 182 g/mol. The van der Waals surface area contributed by atoms with Crippen molar-refractivity contribution in [3.63, 3.8) is 0 Å². The van der Waals surface area contributed by atoms with Crippen molar-refractivity contribution in [1.82, 2.24) is 0 Å². The third kappa shape index (κ3) is 3.34. The molecule has 13 heavy (non-hydrogen) atoms. The largest absolute Gasteiger partial charge is 0.504 e. The zero-order valence-electron chi connectivity index (χ0n) is 8.32. The second-order valence-electron chi connectivity index (χ2n) is 4.03. The Hall–Kier alpha value is -1.22. The minimum atomic E-state index is 0.191. The standard InChI is InChI=1S/C10H15NO2/c1-11(2,3)8-13-10-7-5-4-6-9(10)12/h4-7H,8H2,1-3H3/p+1. The molecule has 0 aromatic heterocycles. The summed E-state index contributed by atoms with van der Waals surface area (Å²) in [5.41, 5.74) is 0. The number of hydrogen-bond donors (Lipinski definition) is 1. The Kier molecular flexibility index (Phi) is 2.78. The lowest BCUT2D eigenvalue weighted by molar-refractivity contribution is -0.886. The van der Waals surface area contributed by atoms with Gasteiger partial charge in [-0.2, -0.15) is 0 Å². The lowest BCUT2D eigenvalue weighted by Gasteiger charge is -2.23. The Labute approximate surface area is 78.8 Å². The topological polar surface area (TPSA) is 29.5 Å². The molecule has 0 saturated carbocycles. The van der Waals surface area contributed by atoms with Crippen LogP contribution in [0.5, 0.6) is 11.5 Å². The molecule has 0 aliphatic heterocycles. The van der Waals surface area contributed by atoms with Gasteiger partial charge in [-0.05, 0) is 12.1 Å². The lowest BCUT2D eigenvalue weighted by Crippen LogP contribution is -2.38. The predicted octanol–water partition coefficient (Wildman–Crippen LogP) is 1.43. The lowest BCUT2D eigenvalue weighted by atomic mass is 10.3. The van der Waals surface area contributed by atoms with Crippen LogP contribution in [-0.4, -0.2) is 37.5 Å². The van der Waals surface area contributed by atoms with Crippen LogP contribution in [0.2, 0.25) is 0 Å². The van der Waals surface area contributed by atoms with Gasteiger partial charge in [-0.15, -0.1) is 0 Å². The Bertz CT molecular complexity index is 278. The van der Waals surface area contributed by atoms with Crippen molar-refractivity contribution in [3.8, 4) is 11.5 Å². The molecule has 0 bridgehead atoms. The summed E-state index contributed by atoms with van der Waals surface area (Å²) in [6, 6.07) is 6.98. The second-order valence-corrected chi connectivity index (χ2v) is 4.03. The molecule has 0 aliphatic rings. The molecule has 72 valence electrons. The van der Waals surface area contributed by atoms with Crippen LogP contribution in [0.3, 0.4) is 0 Å². The summed E-state index contributed by atoms with van der Waals surface area (Å²) >= 11 is 0. The Morgan fingerprint density at radius 1 is 1.23 bits per heavy atom. The minimum absolute atomic E-state index is 0.191. The van der Waals surface area contributed by atoms with Crippen LogP contribution in [0.4, 0.5) is 0 Å². The van der Waals surface area contributed by atoms with E-state index in [0.29, 0.717) is 17.0 Å². The average Bonchev–Trinajstić information content (AvgIpc) is 2.01. The second kappa shape index (κ2) is 3.66. The van der Waals surface area contributed by atoms with Crippen LogP contribution in [0.15, 0.2) is 24.3 Å². The molecule has 0 spiro atoms. The molecule has 0 radical (unpaired) electrons. The van der Waals surface area contributed by atoms with Gasteiger partial charge in [0.05, 0.1) is 21.1 Å². The van der Waals surface area contributed by atoms with Gasteiger partial charge in [-0.3, -0.25) is 4.48 Å². The van der Waals surface area contributed by atoms with Crippen LogP contribution >= 0.6 is 0 Å². The van der Waals surface area contributed by atoms with Gasteiger partial charge in [0.15, 0.2) is 11.5 Å².